The van der Waals surface area contributed by atoms with Crippen LogP contribution in [0.15, 0.2) is 48.5 Å². The van der Waals surface area contributed by atoms with Crippen LogP contribution < -0.4 is 20.1 Å². The van der Waals surface area contributed by atoms with Crippen molar-refractivity contribution in [2.75, 3.05) is 25.1 Å². The summed E-state index contributed by atoms with van der Waals surface area (Å²) in [7, 11) is 0. The van der Waals surface area contributed by atoms with Crippen molar-refractivity contribution >= 4 is 35.4 Å². The molecular formula is C24H26N6O6. The highest BCUT2D eigenvalue weighted by Gasteiger charge is 2.20. The summed E-state index contributed by atoms with van der Waals surface area (Å²) in [6.45, 7) is 5.44. The van der Waals surface area contributed by atoms with Crippen LogP contribution in [0, 0.1) is 6.92 Å². The molecule has 0 aliphatic rings. The lowest BCUT2D eigenvalue weighted by Gasteiger charge is -2.13. The van der Waals surface area contributed by atoms with E-state index in [0.717, 1.165) is 0 Å². The predicted molar refractivity (Wildman–Crippen MR) is 130 cm³/mol. The molecular weight excluding hydrogens is 468 g/mol. The van der Waals surface area contributed by atoms with Gasteiger partial charge in [-0.1, -0.05) is 30.3 Å². The molecule has 3 amide bonds. The predicted octanol–water partition coefficient (Wildman–Crippen LogP) is 2.67. The molecule has 0 atom stereocenters. The number of nitrogens with zero attached hydrogens (tertiary/aromatic N) is 4. The van der Waals surface area contributed by atoms with Gasteiger partial charge >= 0.3 is 12.0 Å². The summed E-state index contributed by atoms with van der Waals surface area (Å²) in [6, 6.07) is 13.0. The standard InChI is InChI=1S/C24H26N6O6/c1-4-34-20-12-11-18(14-21(20)35-5-2)25-24(33)26-22(31)15-36-23(32)19(30-16(3)27-28-29-30)13-17-9-7-6-8-10-17/h6-14H,4-5,15H2,1-3H3,(H2,25,26,31,33)/b19-13-. The number of carbonyl (C=O) groups excluding carboxylic acids is 3. The number of ether oxygens (including phenoxy) is 3. The molecule has 3 rings (SSSR count). The highest BCUT2D eigenvalue weighted by molar-refractivity contribution is 6.15. The number of benzene rings is 2. The van der Waals surface area contributed by atoms with Crippen LogP contribution in [0.4, 0.5) is 10.5 Å². The van der Waals surface area contributed by atoms with Crippen LogP contribution in [0.3, 0.4) is 0 Å². The minimum absolute atomic E-state index is 0.00112. The van der Waals surface area contributed by atoms with Crippen molar-refractivity contribution in [2.45, 2.75) is 20.8 Å². The van der Waals surface area contributed by atoms with Gasteiger partial charge in [-0.25, -0.2) is 9.59 Å². The number of hydrogen-bond acceptors (Lipinski definition) is 9. The van der Waals surface area contributed by atoms with Crippen LogP contribution in [0.5, 0.6) is 11.5 Å². The summed E-state index contributed by atoms with van der Waals surface area (Å²) < 4.78 is 17.3. The van der Waals surface area contributed by atoms with Gasteiger partial charge in [0.15, 0.2) is 29.6 Å². The largest absolute Gasteiger partial charge is 0.490 e. The normalized spacial score (nSPS) is 10.9. The van der Waals surface area contributed by atoms with Gasteiger partial charge in [0.2, 0.25) is 0 Å². The average molecular weight is 495 g/mol. The van der Waals surface area contributed by atoms with Gasteiger partial charge in [0, 0.05) is 11.8 Å². The Hall–Kier alpha value is -4.74. The summed E-state index contributed by atoms with van der Waals surface area (Å²) in [4.78, 5) is 37.2. The lowest BCUT2D eigenvalue weighted by molar-refractivity contribution is -0.142. The molecule has 0 radical (unpaired) electrons. The number of hydrogen-bond donors (Lipinski definition) is 2. The number of tetrazole rings is 1. The van der Waals surface area contributed by atoms with E-state index < -0.39 is 24.5 Å². The van der Waals surface area contributed by atoms with Crippen molar-refractivity contribution in [3.8, 4) is 11.5 Å². The second-order valence-electron chi connectivity index (χ2n) is 7.18. The zero-order valence-corrected chi connectivity index (χ0v) is 20.1. The van der Waals surface area contributed by atoms with Crippen molar-refractivity contribution < 1.29 is 28.6 Å². The molecule has 0 fully saturated rings. The molecule has 1 aromatic heterocycles. The first-order valence-corrected chi connectivity index (χ1v) is 11.1. The van der Waals surface area contributed by atoms with Gasteiger partial charge in [-0.3, -0.25) is 10.1 Å². The third kappa shape index (κ3) is 7.13. The van der Waals surface area contributed by atoms with E-state index in [1.165, 1.54) is 10.8 Å². The number of urea groups is 1. The highest BCUT2D eigenvalue weighted by atomic mass is 16.5. The Morgan fingerprint density at radius 1 is 1.00 bits per heavy atom. The molecule has 12 nitrogen and oxygen atoms in total. The molecule has 2 N–H and O–H groups in total. The maximum atomic E-state index is 12.8. The summed E-state index contributed by atoms with van der Waals surface area (Å²) in [5.41, 5.74) is 1.08. The Morgan fingerprint density at radius 3 is 2.39 bits per heavy atom. The zero-order valence-electron chi connectivity index (χ0n) is 20.1. The monoisotopic (exact) mass is 494 g/mol. The summed E-state index contributed by atoms with van der Waals surface area (Å²) in [6.07, 6.45) is 1.53. The van der Waals surface area contributed by atoms with Crippen LogP contribution in [0.2, 0.25) is 0 Å². The van der Waals surface area contributed by atoms with E-state index in [1.807, 2.05) is 19.9 Å². The Balaban J connectivity index is 1.61. The molecule has 12 heteroatoms. The van der Waals surface area contributed by atoms with Crippen molar-refractivity contribution in [1.29, 1.82) is 0 Å². The van der Waals surface area contributed by atoms with E-state index >= 15 is 0 Å². The number of esters is 1. The van der Waals surface area contributed by atoms with E-state index in [9.17, 15) is 14.4 Å². The van der Waals surface area contributed by atoms with E-state index in [4.69, 9.17) is 14.2 Å². The van der Waals surface area contributed by atoms with E-state index in [-0.39, 0.29) is 5.70 Å². The number of amides is 3. The molecule has 2 aromatic carbocycles. The molecule has 0 aliphatic carbocycles. The van der Waals surface area contributed by atoms with Gasteiger partial charge in [0.25, 0.3) is 5.91 Å². The molecule has 36 heavy (non-hydrogen) atoms. The van der Waals surface area contributed by atoms with Gasteiger partial charge in [-0.15, -0.1) is 5.10 Å². The number of nitrogens with one attached hydrogen (secondary N) is 2. The van der Waals surface area contributed by atoms with Crippen molar-refractivity contribution in [1.82, 2.24) is 25.5 Å². The molecule has 0 saturated heterocycles. The Bertz CT molecular complexity index is 1240. The van der Waals surface area contributed by atoms with Crippen LogP contribution >= 0.6 is 0 Å². The zero-order chi connectivity index (χ0) is 25.9. The van der Waals surface area contributed by atoms with Gasteiger partial charge in [0.05, 0.1) is 13.2 Å². The van der Waals surface area contributed by atoms with Crippen LogP contribution in [-0.4, -0.2) is 57.9 Å². The van der Waals surface area contributed by atoms with Gasteiger partial charge in [-0.2, -0.15) is 4.68 Å². The first kappa shape index (κ1) is 25.9. The molecule has 0 spiro atoms. The fourth-order valence-corrected chi connectivity index (χ4v) is 3.03. The summed E-state index contributed by atoms with van der Waals surface area (Å²) >= 11 is 0. The van der Waals surface area contributed by atoms with Gasteiger partial charge < -0.3 is 19.5 Å². The molecule has 0 bridgehead atoms. The van der Waals surface area contributed by atoms with E-state index in [0.29, 0.717) is 41.8 Å². The number of imide groups is 1. The highest BCUT2D eigenvalue weighted by Crippen LogP contribution is 2.30. The van der Waals surface area contributed by atoms with Crippen molar-refractivity contribution in [2.24, 2.45) is 0 Å². The minimum Gasteiger partial charge on any atom is -0.490 e. The van der Waals surface area contributed by atoms with E-state index in [1.54, 1.807) is 49.4 Å². The lowest BCUT2D eigenvalue weighted by Crippen LogP contribution is -2.37. The van der Waals surface area contributed by atoms with Crippen molar-refractivity contribution in [3.05, 3.63) is 59.9 Å². The van der Waals surface area contributed by atoms with Crippen molar-refractivity contribution in [3.63, 3.8) is 0 Å². The van der Waals surface area contributed by atoms with Gasteiger partial charge in [-0.05, 0) is 55.0 Å². The van der Waals surface area contributed by atoms with Gasteiger partial charge in [0.1, 0.15) is 0 Å². The topological polar surface area (TPSA) is 147 Å². The molecule has 0 unspecified atom stereocenters. The summed E-state index contributed by atoms with van der Waals surface area (Å²) in [5, 5.41) is 15.7. The fraction of sp³-hybridized carbons (Fsp3) is 0.250. The second kappa shape index (κ2) is 12.6. The maximum absolute atomic E-state index is 12.8. The first-order chi connectivity index (χ1) is 17.4. The molecule has 0 saturated carbocycles. The molecule has 3 aromatic rings. The lowest BCUT2D eigenvalue weighted by atomic mass is 10.2. The third-order valence-electron chi connectivity index (χ3n) is 4.55. The van der Waals surface area contributed by atoms with Crippen LogP contribution in [0.1, 0.15) is 25.2 Å². The third-order valence-corrected chi connectivity index (χ3v) is 4.55. The van der Waals surface area contributed by atoms with Crippen LogP contribution in [0.25, 0.3) is 11.8 Å². The fourth-order valence-electron chi connectivity index (χ4n) is 3.03. The Labute approximate surface area is 207 Å². The Kier molecular flexibility index (Phi) is 9.09. The Morgan fingerprint density at radius 2 is 1.72 bits per heavy atom. The molecule has 0 aliphatic heterocycles. The number of rotatable bonds is 10. The number of carbonyl (C=O) groups is 3. The second-order valence-corrected chi connectivity index (χ2v) is 7.18. The smallest absolute Gasteiger partial charge is 0.357 e. The number of aromatic nitrogens is 4. The average Bonchev–Trinajstić information content (AvgIpc) is 3.29. The molecule has 188 valence electrons. The summed E-state index contributed by atoms with van der Waals surface area (Å²) in [5.74, 6) is -0.347. The SMILES string of the molecule is CCOc1ccc(NC(=O)NC(=O)COC(=O)/C(=C/c2ccccc2)n2nnnc2C)cc1OCC. The van der Waals surface area contributed by atoms with Crippen LogP contribution in [-0.2, 0) is 14.3 Å². The van der Waals surface area contributed by atoms with E-state index in [2.05, 4.69) is 26.2 Å². The maximum Gasteiger partial charge on any atom is 0.357 e. The minimum atomic E-state index is -0.849. The number of aryl methyl sites for hydroxylation is 1. The number of anilines is 1. The first-order valence-electron chi connectivity index (χ1n) is 11.1. The quantitative estimate of drug-likeness (QED) is 0.321. The molecule has 1 heterocycles.